The lowest BCUT2D eigenvalue weighted by Gasteiger charge is -2.07. The van der Waals surface area contributed by atoms with E-state index in [1.165, 1.54) is 4.68 Å². The summed E-state index contributed by atoms with van der Waals surface area (Å²) in [5, 5.41) is 19.1. The average molecular weight is 489 g/mol. The first-order valence-corrected chi connectivity index (χ1v) is 12.2. The van der Waals surface area contributed by atoms with Crippen LogP contribution in [-0.4, -0.2) is 39.1 Å². The first-order chi connectivity index (χ1) is 18.0. The van der Waals surface area contributed by atoms with E-state index in [1.807, 2.05) is 54.2 Å². The number of rotatable bonds is 4. The van der Waals surface area contributed by atoms with E-state index in [1.54, 1.807) is 12.4 Å². The Bertz CT molecular complexity index is 2060. The first-order valence-electron chi connectivity index (χ1n) is 12.2. The summed E-state index contributed by atoms with van der Waals surface area (Å²) < 4.78 is 5.43. The van der Waals surface area contributed by atoms with Crippen molar-refractivity contribution in [1.29, 1.82) is 0 Å². The van der Waals surface area contributed by atoms with Gasteiger partial charge in [0.05, 0.1) is 35.8 Å². The lowest BCUT2D eigenvalue weighted by Crippen LogP contribution is -2.24. The molecule has 5 heterocycles. The second kappa shape index (κ2) is 7.86. The van der Waals surface area contributed by atoms with Crippen LogP contribution in [-0.2, 0) is 20.0 Å². The smallest absolute Gasteiger partial charge is 0.291 e. The van der Waals surface area contributed by atoms with Gasteiger partial charge in [0, 0.05) is 46.9 Å². The van der Waals surface area contributed by atoms with Gasteiger partial charge in [-0.1, -0.05) is 24.3 Å². The molecule has 0 radical (unpaired) electrons. The zero-order valence-corrected chi connectivity index (χ0v) is 20.7. The van der Waals surface area contributed by atoms with E-state index < -0.39 is 0 Å². The fourth-order valence-corrected chi connectivity index (χ4v) is 5.38. The van der Waals surface area contributed by atoms with Crippen LogP contribution >= 0.6 is 0 Å². The highest BCUT2D eigenvalue weighted by atomic mass is 16.1. The molecule has 0 unspecified atom stereocenters. The van der Waals surface area contributed by atoms with Crippen LogP contribution in [0, 0.1) is 13.8 Å². The fourth-order valence-electron chi connectivity index (χ4n) is 5.38. The Kier molecular flexibility index (Phi) is 4.56. The standard InChI is InChI=1S/C28H24N8O/c1-16-9-20(36-26(31-16)10-17(2)33-36)11-18-7-8-21-23-14-30-35(28(37)27(23)34(3)25(21)12-18)15-19-5-4-6-24-22(19)13-29-32-24/h4-10,12-14H,11,15H2,1-3H3,(H,29,32). The molecule has 7 rings (SSSR count). The molecule has 2 aromatic carbocycles. The van der Waals surface area contributed by atoms with E-state index in [2.05, 4.69) is 49.6 Å². The number of aryl methyl sites for hydroxylation is 3. The summed E-state index contributed by atoms with van der Waals surface area (Å²) in [7, 11) is 1.95. The van der Waals surface area contributed by atoms with E-state index in [-0.39, 0.29) is 5.56 Å². The maximum Gasteiger partial charge on any atom is 0.291 e. The van der Waals surface area contributed by atoms with Gasteiger partial charge in [0.1, 0.15) is 5.52 Å². The van der Waals surface area contributed by atoms with E-state index >= 15 is 0 Å². The highest BCUT2D eigenvalue weighted by molar-refractivity contribution is 6.07. The normalized spacial score (nSPS) is 12.0. The molecule has 5 aromatic heterocycles. The highest BCUT2D eigenvalue weighted by Gasteiger charge is 2.16. The molecule has 182 valence electrons. The predicted molar refractivity (Wildman–Crippen MR) is 143 cm³/mol. The Morgan fingerprint density at radius 1 is 0.946 bits per heavy atom. The van der Waals surface area contributed by atoms with Crippen molar-refractivity contribution in [3.63, 3.8) is 0 Å². The van der Waals surface area contributed by atoms with Crippen LogP contribution in [0.4, 0.5) is 0 Å². The van der Waals surface area contributed by atoms with E-state index in [9.17, 15) is 4.79 Å². The Morgan fingerprint density at radius 3 is 2.73 bits per heavy atom. The summed E-state index contributed by atoms with van der Waals surface area (Å²) in [6.07, 6.45) is 4.29. The van der Waals surface area contributed by atoms with Crippen LogP contribution in [0.5, 0.6) is 0 Å². The summed E-state index contributed by atoms with van der Waals surface area (Å²) in [5.41, 5.74) is 8.44. The molecule has 0 aliphatic carbocycles. The average Bonchev–Trinajstić information content (AvgIpc) is 3.57. The quantitative estimate of drug-likeness (QED) is 0.403. The molecule has 9 heteroatoms. The minimum Gasteiger partial charge on any atom is -0.339 e. The number of H-pyrrole nitrogens is 1. The van der Waals surface area contributed by atoms with Gasteiger partial charge in [-0.2, -0.15) is 15.3 Å². The number of hydrogen-bond donors (Lipinski definition) is 1. The third-order valence-electron chi connectivity index (χ3n) is 7.10. The van der Waals surface area contributed by atoms with Crippen LogP contribution < -0.4 is 5.56 Å². The summed E-state index contributed by atoms with van der Waals surface area (Å²) in [5.74, 6) is 0. The molecule has 0 bridgehead atoms. The Hall–Kier alpha value is -4.79. The first kappa shape index (κ1) is 21.5. The predicted octanol–water partition coefficient (Wildman–Crippen LogP) is 4.06. The number of nitrogens with one attached hydrogen (secondary N) is 1. The van der Waals surface area contributed by atoms with Crippen LogP contribution in [0.25, 0.3) is 38.4 Å². The molecule has 9 nitrogen and oxygen atoms in total. The molecule has 37 heavy (non-hydrogen) atoms. The zero-order chi connectivity index (χ0) is 25.3. The number of aromatic nitrogens is 8. The van der Waals surface area contributed by atoms with Gasteiger partial charge in [-0.05, 0) is 43.2 Å². The molecule has 0 amide bonds. The second-order valence-corrected chi connectivity index (χ2v) is 9.65. The molecule has 1 N–H and O–H groups in total. The molecule has 0 aliphatic rings. The Labute approximate surface area is 211 Å². The number of benzene rings is 2. The number of hydrogen-bond acceptors (Lipinski definition) is 5. The van der Waals surface area contributed by atoms with Crippen molar-refractivity contribution in [2.24, 2.45) is 7.05 Å². The minimum absolute atomic E-state index is 0.114. The van der Waals surface area contributed by atoms with Gasteiger partial charge in [0.15, 0.2) is 5.65 Å². The largest absolute Gasteiger partial charge is 0.339 e. The molecule has 0 atom stereocenters. The number of nitrogens with zero attached hydrogens (tertiary/aromatic N) is 7. The monoisotopic (exact) mass is 488 g/mol. The van der Waals surface area contributed by atoms with Crippen molar-refractivity contribution < 1.29 is 0 Å². The molecule has 0 saturated heterocycles. The summed E-state index contributed by atoms with van der Waals surface area (Å²) in [6, 6.07) is 16.4. The Morgan fingerprint density at radius 2 is 1.84 bits per heavy atom. The van der Waals surface area contributed by atoms with Gasteiger partial charge < -0.3 is 4.57 Å². The number of aromatic amines is 1. The molecular weight excluding hydrogens is 464 g/mol. The molecular formula is C28H24N8O. The van der Waals surface area contributed by atoms with Gasteiger partial charge in [-0.25, -0.2) is 14.2 Å². The second-order valence-electron chi connectivity index (χ2n) is 9.65. The van der Waals surface area contributed by atoms with Gasteiger partial charge in [-0.15, -0.1) is 0 Å². The zero-order valence-electron chi connectivity index (χ0n) is 20.7. The summed E-state index contributed by atoms with van der Waals surface area (Å²) in [4.78, 5) is 18.2. The van der Waals surface area contributed by atoms with Crippen LogP contribution in [0.15, 0.2) is 65.7 Å². The van der Waals surface area contributed by atoms with Crippen molar-refractivity contribution in [2.75, 3.05) is 0 Å². The third kappa shape index (κ3) is 3.35. The SMILES string of the molecule is Cc1cc(Cc2ccc3c4cnn(Cc5cccc6[nH]ncc56)c(=O)c4n(C)c3c2)n2nc(C)cc2n1. The lowest BCUT2D eigenvalue weighted by molar-refractivity contribution is 0.647. The topological polar surface area (TPSA) is 98.7 Å². The maximum atomic E-state index is 13.6. The van der Waals surface area contributed by atoms with Crippen molar-refractivity contribution in [2.45, 2.75) is 26.8 Å². The molecule has 0 fully saturated rings. The van der Waals surface area contributed by atoms with E-state index in [4.69, 9.17) is 0 Å². The molecule has 7 aromatic rings. The van der Waals surface area contributed by atoms with Crippen molar-refractivity contribution in [3.05, 3.63) is 99.5 Å². The third-order valence-corrected chi connectivity index (χ3v) is 7.10. The number of fused-ring (bicyclic) bond motifs is 5. The van der Waals surface area contributed by atoms with Crippen molar-refractivity contribution in [1.82, 2.24) is 39.1 Å². The van der Waals surface area contributed by atoms with Gasteiger partial charge in [0.25, 0.3) is 5.56 Å². The Balaban J connectivity index is 1.32. The van der Waals surface area contributed by atoms with Crippen molar-refractivity contribution in [3.8, 4) is 0 Å². The molecule has 0 spiro atoms. The van der Waals surface area contributed by atoms with Crippen LogP contribution in [0.2, 0.25) is 0 Å². The fraction of sp³-hybridized carbons (Fsp3) is 0.179. The van der Waals surface area contributed by atoms with Crippen molar-refractivity contribution >= 4 is 38.4 Å². The van der Waals surface area contributed by atoms with Gasteiger partial charge in [0.2, 0.25) is 0 Å². The molecule has 0 aliphatic heterocycles. The lowest BCUT2D eigenvalue weighted by atomic mass is 10.1. The summed E-state index contributed by atoms with van der Waals surface area (Å²) >= 11 is 0. The summed E-state index contributed by atoms with van der Waals surface area (Å²) in [6.45, 7) is 4.36. The maximum absolute atomic E-state index is 13.6. The van der Waals surface area contributed by atoms with E-state index in [0.717, 1.165) is 61.0 Å². The molecule has 0 saturated carbocycles. The van der Waals surface area contributed by atoms with E-state index in [0.29, 0.717) is 18.5 Å². The highest BCUT2D eigenvalue weighted by Crippen LogP contribution is 2.27. The van der Waals surface area contributed by atoms with Gasteiger partial charge in [-0.3, -0.25) is 9.89 Å². The van der Waals surface area contributed by atoms with Gasteiger partial charge >= 0.3 is 0 Å². The minimum atomic E-state index is -0.114. The van der Waals surface area contributed by atoms with Crippen LogP contribution in [0.3, 0.4) is 0 Å². The van der Waals surface area contributed by atoms with Crippen LogP contribution in [0.1, 0.15) is 28.2 Å².